The van der Waals surface area contributed by atoms with E-state index in [-0.39, 0.29) is 11.2 Å². The number of fused-ring (bicyclic) bond motifs is 4. The first-order valence-electron chi connectivity index (χ1n) is 14.0. The van der Waals surface area contributed by atoms with E-state index in [1.165, 1.54) is 11.1 Å². The van der Waals surface area contributed by atoms with E-state index in [2.05, 4.69) is 27.6 Å². The van der Waals surface area contributed by atoms with Crippen molar-refractivity contribution in [3.63, 3.8) is 0 Å². The van der Waals surface area contributed by atoms with Crippen molar-refractivity contribution in [2.75, 3.05) is 30.3 Å². The number of carbonyl (C=O) groups excluding carboxylic acids is 1. The molecule has 0 aromatic heterocycles. The Morgan fingerprint density at radius 3 is 2.82 bits per heavy atom. The summed E-state index contributed by atoms with van der Waals surface area (Å²) in [6, 6.07) is 11.8. The van der Waals surface area contributed by atoms with Crippen molar-refractivity contribution >= 4 is 38.8 Å². The molecule has 2 aromatic rings. The Kier molecular flexibility index (Phi) is 7.19. The molecule has 6 nitrogen and oxygen atoms in total. The zero-order valence-corrected chi connectivity index (χ0v) is 23.8. The minimum Gasteiger partial charge on any atom is -0.490 e. The first-order chi connectivity index (χ1) is 18.7. The number of anilines is 1. The van der Waals surface area contributed by atoms with Gasteiger partial charge in [0.05, 0.1) is 33.9 Å². The number of aliphatic hydroxyl groups is 1. The SMILES string of the molecule is C=S1(=O)C/C=C\C[C@@H](O)C[C@@H]2CC[C@H]2CN2C[C@@]3(CCCc4cc(Cl)ccc43)COc3ccc(cc32)C(=O)N1. The van der Waals surface area contributed by atoms with Gasteiger partial charge >= 0.3 is 0 Å². The highest BCUT2D eigenvalue weighted by Crippen LogP contribution is 2.46. The number of rotatable bonds is 0. The molecule has 2 bridgehead atoms. The Hall–Kier alpha value is -2.48. The molecule has 39 heavy (non-hydrogen) atoms. The lowest BCUT2D eigenvalue weighted by molar-refractivity contribution is 0.0800. The smallest absolute Gasteiger partial charge is 0.262 e. The van der Waals surface area contributed by atoms with Crippen molar-refractivity contribution in [3.8, 4) is 5.75 Å². The molecule has 4 aliphatic rings. The average Bonchev–Trinajstić information content (AvgIpc) is 3.04. The average molecular weight is 569 g/mol. The van der Waals surface area contributed by atoms with Crippen molar-refractivity contribution in [1.29, 1.82) is 0 Å². The van der Waals surface area contributed by atoms with E-state index in [4.69, 9.17) is 16.3 Å². The summed E-state index contributed by atoms with van der Waals surface area (Å²) in [7, 11) is -2.86. The van der Waals surface area contributed by atoms with Gasteiger partial charge < -0.3 is 14.7 Å². The topological polar surface area (TPSA) is 78.9 Å². The number of nitrogens with zero attached hydrogens (tertiary/aromatic N) is 1. The van der Waals surface area contributed by atoms with E-state index in [1.54, 1.807) is 12.1 Å². The van der Waals surface area contributed by atoms with E-state index < -0.39 is 21.7 Å². The third kappa shape index (κ3) is 5.46. The van der Waals surface area contributed by atoms with Crippen LogP contribution in [-0.2, 0) is 21.5 Å². The van der Waals surface area contributed by atoms with Crippen LogP contribution in [-0.4, -0.2) is 52.6 Å². The Morgan fingerprint density at radius 2 is 2.00 bits per heavy atom. The first kappa shape index (κ1) is 26.7. The van der Waals surface area contributed by atoms with Gasteiger partial charge in [-0.25, -0.2) is 4.21 Å². The van der Waals surface area contributed by atoms with Crippen molar-refractivity contribution < 1.29 is 18.8 Å². The zero-order chi connectivity index (χ0) is 27.2. The maximum absolute atomic E-state index is 13.2. The lowest BCUT2D eigenvalue weighted by atomic mass is 9.68. The number of hydrogen-bond acceptors (Lipinski definition) is 5. The summed E-state index contributed by atoms with van der Waals surface area (Å²) in [4.78, 5) is 15.6. The molecule has 0 saturated heterocycles. The van der Waals surface area contributed by atoms with Gasteiger partial charge in [0.15, 0.2) is 0 Å². The maximum atomic E-state index is 13.2. The molecule has 1 fully saturated rings. The number of benzene rings is 2. The highest BCUT2D eigenvalue weighted by Gasteiger charge is 2.43. The van der Waals surface area contributed by atoms with Gasteiger partial charge in [0.25, 0.3) is 5.91 Å². The van der Waals surface area contributed by atoms with Gasteiger partial charge in [0.1, 0.15) is 5.75 Å². The third-order valence-electron chi connectivity index (χ3n) is 9.12. The van der Waals surface area contributed by atoms with Crippen LogP contribution >= 0.6 is 11.6 Å². The second kappa shape index (κ2) is 10.5. The molecule has 6 rings (SSSR count). The normalized spacial score (nSPS) is 33.5. The summed E-state index contributed by atoms with van der Waals surface area (Å²) in [6.07, 6.45) is 9.78. The van der Waals surface area contributed by atoms with Gasteiger partial charge in [0, 0.05) is 29.1 Å². The molecular weight excluding hydrogens is 532 g/mol. The summed E-state index contributed by atoms with van der Waals surface area (Å²) in [5.41, 5.74) is 3.75. The minimum atomic E-state index is -2.86. The van der Waals surface area contributed by atoms with Crippen LogP contribution in [0.3, 0.4) is 0 Å². The fourth-order valence-electron chi connectivity index (χ4n) is 6.92. The molecule has 2 aromatic carbocycles. The summed E-state index contributed by atoms with van der Waals surface area (Å²) < 4.78 is 22.2. The highest BCUT2D eigenvalue weighted by molar-refractivity contribution is 7.99. The number of halogens is 1. The monoisotopic (exact) mass is 568 g/mol. The lowest BCUT2D eigenvalue weighted by Gasteiger charge is -2.45. The summed E-state index contributed by atoms with van der Waals surface area (Å²) in [5.74, 6) is 5.17. The number of nitrogens with one attached hydrogen (secondary N) is 1. The molecule has 2 aliphatic heterocycles. The fraction of sp³-hybridized carbons (Fsp3) is 0.484. The summed E-state index contributed by atoms with van der Waals surface area (Å²) >= 11 is 6.38. The van der Waals surface area contributed by atoms with E-state index in [0.717, 1.165) is 68.1 Å². The molecule has 0 radical (unpaired) electrons. The number of carbonyl (C=O) groups is 1. The second-order valence-electron chi connectivity index (χ2n) is 11.9. The number of amides is 1. The molecule has 1 amide bonds. The van der Waals surface area contributed by atoms with Crippen molar-refractivity contribution in [1.82, 2.24) is 4.72 Å². The second-order valence-corrected chi connectivity index (χ2v) is 14.5. The van der Waals surface area contributed by atoms with E-state index >= 15 is 0 Å². The van der Waals surface area contributed by atoms with Crippen LogP contribution in [0.5, 0.6) is 5.75 Å². The molecule has 2 aliphatic carbocycles. The molecule has 208 valence electrons. The third-order valence-corrected chi connectivity index (χ3v) is 10.6. The number of aliphatic hydroxyl groups excluding tert-OH is 1. The van der Waals surface area contributed by atoms with Crippen LogP contribution in [0.1, 0.15) is 60.0 Å². The summed E-state index contributed by atoms with van der Waals surface area (Å²) in [6.45, 7) is 2.17. The van der Waals surface area contributed by atoms with Gasteiger partial charge in [-0.2, -0.15) is 0 Å². The molecule has 5 atom stereocenters. The Labute approximate surface area is 236 Å². The number of ether oxygens (including phenoxy) is 1. The van der Waals surface area contributed by atoms with Gasteiger partial charge in [-0.05, 0) is 104 Å². The lowest BCUT2D eigenvalue weighted by Crippen LogP contribution is -2.48. The van der Waals surface area contributed by atoms with Crippen LogP contribution in [0, 0.1) is 11.8 Å². The van der Waals surface area contributed by atoms with E-state index in [1.807, 2.05) is 24.3 Å². The van der Waals surface area contributed by atoms with Crippen molar-refractivity contribution in [3.05, 3.63) is 70.3 Å². The molecule has 8 heteroatoms. The zero-order valence-electron chi connectivity index (χ0n) is 22.2. The molecule has 2 N–H and O–H groups in total. The Balaban J connectivity index is 1.41. The predicted molar refractivity (Wildman–Crippen MR) is 158 cm³/mol. The molecule has 1 unspecified atom stereocenters. The van der Waals surface area contributed by atoms with Gasteiger partial charge in [-0.15, -0.1) is 0 Å². The number of hydrogen-bond donors (Lipinski definition) is 2. The molecule has 1 spiro atoms. The largest absolute Gasteiger partial charge is 0.490 e. The van der Waals surface area contributed by atoms with Crippen LogP contribution in [0.15, 0.2) is 48.6 Å². The maximum Gasteiger partial charge on any atom is 0.262 e. The Bertz CT molecular complexity index is 1410. The fourth-order valence-corrected chi connectivity index (χ4v) is 8.10. The summed E-state index contributed by atoms with van der Waals surface area (Å²) in [5, 5.41) is 11.5. The van der Waals surface area contributed by atoms with Crippen LogP contribution < -0.4 is 14.4 Å². The molecular formula is C31H37ClN2O4S. The van der Waals surface area contributed by atoms with E-state index in [9.17, 15) is 14.1 Å². The van der Waals surface area contributed by atoms with Gasteiger partial charge in [-0.1, -0.05) is 29.8 Å². The van der Waals surface area contributed by atoms with Crippen molar-refractivity contribution in [2.45, 2.75) is 56.5 Å². The van der Waals surface area contributed by atoms with E-state index in [0.29, 0.717) is 30.4 Å². The molecule has 1 saturated carbocycles. The van der Waals surface area contributed by atoms with Gasteiger partial charge in [-0.3, -0.25) is 9.52 Å². The quantitative estimate of drug-likeness (QED) is 0.349. The van der Waals surface area contributed by atoms with Crippen LogP contribution in [0.25, 0.3) is 0 Å². The molecule has 2 heterocycles. The predicted octanol–water partition coefficient (Wildman–Crippen LogP) is 4.91. The van der Waals surface area contributed by atoms with Gasteiger partial charge in [0.2, 0.25) is 0 Å². The number of aryl methyl sites for hydroxylation is 1. The standard InChI is InChI=1S/C31H37ClN2O4S/c1-39(37)14-3-2-6-26(35)16-21-7-8-24(21)18-34-19-31(13-4-5-22-15-25(32)10-11-27(22)31)20-38-29-12-9-23(17-28(29)34)30(36)33-39/h2-3,9-12,15,17,21,24,26,35H,1,4-8,13-14,16,18-20H2,(H,33,36,37)/b3-2-/t21-,24-,26+,31-,39?/m0/s1. The minimum absolute atomic E-state index is 0.129. The Morgan fingerprint density at radius 1 is 1.15 bits per heavy atom. The first-order valence-corrected chi connectivity index (χ1v) is 16.3. The van der Waals surface area contributed by atoms with Crippen LogP contribution in [0.2, 0.25) is 5.02 Å². The van der Waals surface area contributed by atoms with Crippen LogP contribution in [0.4, 0.5) is 5.69 Å². The highest BCUT2D eigenvalue weighted by atomic mass is 35.5. The van der Waals surface area contributed by atoms with Crippen molar-refractivity contribution in [2.24, 2.45) is 11.8 Å².